The molecule has 1 aliphatic rings. The highest BCUT2D eigenvalue weighted by atomic mass is 16.5. The molecule has 144 valence electrons. The van der Waals surface area contributed by atoms with Crippen molar-refractivity contribution < 1.29 is 14.6 Å². The Balaban J connectivity index is 1.66. The van der Waals surface area contributed by atoms with Crippen molar-refractivity contribution in [1.29, 1.82) is 0 Å². The minimum Gasteiger partial charge on any atom is -0.396 e. The number of nitrogens with one attached hydrogen (secondary N) is 3. The number of amides is 1. The summed E-state index contributed by atoms with van der Waals surface area (Å²) in [5.74, 6) is 0.505. The number of carbonyl (C=O) groups excluding carboxylic acids is 1. The van der Waals surface area contributed by atoms with Crippen LogP contribution in [0.3, 0.4) is 0 Å². The van der Waals surface area contributed by atoms with Crippen LogP contribution < -0.4 is 16.0 Å². The minimum absolute atomic E-state index is 0.0652. The molecule has 0 aromatic heterocycles. The predicted molar refractivity (Wildman–Crippen MR) is 102 cm³/mol. The summed E-state index contributed by atoms with van der Waals surface area (Å²) in [6.45, 7) is 2.92. The molecule has 0 radical (unpaired) electrons. The largest absolute Gasteiger partial charge is 0.396 e. The number of carbonyl (C=O) groups is 1. The van der Waals surface area contributed by atoms with Crippen LogP contribution in [0.1, 0.15) is 18.4 Å². The highest BCUT2D eigenvalue weighted by Gasteiger charge is 2.34. The van der Waals surface area contributed by atoms with Gasteiger partial charge in [0.1, 0.15) is 0 Å². The van der Waals surface area contributed by atoms with Crippen LogP contribution in [0.15, 0.2) is 35.3 Å². The summed E-state index contributed by atoms with van der Waals surface area (Å²) >= 11 is 0. The van der Waals surface area contributed by atoms with E-state index < -0.39 is 0 Å². The van der Waals surface area contributed by atoms with Crippen molar-refractivity contribution in [3.05, 3.63) is 35.9 Å². The third kappa shape index (κ3) is 6.65. The Hall–Kier alpha value is -2.12. The highest BCUT2D eigenvalue weighted by molar-refractivity contribution is 5.86. The van der Waals surface area contributed by atoms with E-state index in [1.165, 1.54) is 5.56 Å². The summed E-state index contributed by atoms with van der Waals surface area (Å²) in [4.78, 5) is 16.1. The molecule has 1 fully saturated rings. The molecule has 7 heteroatoms. The second kappa shape index (κ2) is 10.8. The van der Waals surface area contributed by atoms with Gasteiger partial charge in [0.05, 0.1) is 13.2 Å². The topological polar surface area (TPSA) is 95.0 Å². The maximum atomic E-state index is 12.0. The fraction of sp³-hybridized carbons (Fsp3) is 0.579. The molecule has 26 heavy (non-hydrogen) atoms. The average Bonchev–Trinajstić information content (AvgIpc) is 3.12. The number of aliphatic hydroxyl groups is 1. The molecule has 1 aliphatic heterocycles. The molecule has 1 aromatic rings. The van der Waals surface area contributed by atoms with Crippen molar-refractivity contribution in [2.24, 2.45) is 10.4 Å². The van der Waals surface area contributed by atoms with Crippen molar-refractivity contribution >= 4 is 11.9 Å². The van der Waals surface area contributed by atoms with Crippen LogP contribution >= 0.6 is 0 Å². The van der Waals surface area contributed by atoms with E-state index >= 15 is 0 Å². The normalized spacial score (nSPS) is 20.0. The van der Waals surface area contributed by atoms with E-state index in [0.29, 0.717) is 32.1 Å². The summed E-state index contributed by atoms with van der Waals surface area (Å²) in [5, 5.41) is 18.4. The van der Waals surface area contributed by atoms with Gasteiger partial charge in [0.25, 0.3) is 0 Å². The number of hydrogen-bond donors (Lipinski definition) is 4. The number of rotatable bonds is 9. The Morgan fingerprint density at radius 3 is 2.73 bits per heavy atom. The van der Waals surface area contributed by atoms with Crippen LogP contribution in [0, 0.1) is 5.41 Å². The lowest BCUT2D eigenvalue weighted by Crippen LogP contribution is -2.47. The minimum atomic E-state index is -0.0712. The molecule has 1 unspecified atom stereocenters. The summed E-state index contributed by atoms with van der Waals surface area (Å²) in [6.07, 6.45) is 2.41. The first-order valence-electron chi connectivity index (χ1n) is 9.11. The number of benzene rings is 1. The molecule has 1 atom stereocenters. The standard InChI is InChI=1S/C19H30N4O3/c1-20-18(23-14-19(8-11-24)9-12-26-15-19)22-13-17(25)21-10-7-16-5-3-2-4-6-16/h2-6,24H,7-15H2,1H3,(H,21,25)(H2,20,22,23). The van der Waals surface area contributed by atoms with E-state index in [1.807, 2.05) is 30.3 Å². The van der Waals surface area contributed by atoms with Crippen molar-refractivity contribution in [3.63, 3.8) is 0 Å². The molecule has 0 spiro atoms. The van der Waals surface area contributed by atoms with Crippen molar-refractivity contribution in [1.82, 2.24) is 16.0 Å². The molecule has 1 heterocycles. The third-order valence-electron chi connectivity index (χ3n) is 4.68. The zero-order valence-electron chi connectivity index (χ0n) is 15.5. The molecule has 0 aliphatic carbocycles. The van der Waals surface area contributed by atoms with Gasteiger partial charge in [-0.15, -0.1) is 0 Å². The van der Waals surface area contributed by atoms with E-state index in [-0.39, 0.29) is 24.5 Å². The van der Waals surface area contributed by atoms with Gasteiger partial charge >= 0.3 is 0 Å². The summed E-state index contributed by atoms with van der Waals surface area (Å²) < 4.78 is 5.48. The SMILES string of the molecule is CN=C(NCC(=O)NCCc1ccccc1)NCC1(CCO)CCOC1. The van der Waals surface area contributed by atoms with Crippen molar-refractivity contribution in [3.8, 4) is 0 Å². The molecule has 1 amide bonds. The van der Waals surface area contributed by atoms with E-state index in [4.69, 9.17) is 4.74 Å². The average molecular weight is 362 g/mol. The second-order valence-corrected chi connectivity index (χ2v) is 6.64. The highest BCUT2D eigenvalue weighted by Crippen LogP contribution is 2.31. The van der Waals surface area contributed by atoms with Gasteiger partial charge in [0, 0.05) is 38.8 Å². The van der Waals surface area contributed by atoms with Crippen LogP contribution in [0.4, 0.5) is 0 Å². The Kier molecular flexibility index (Phi) is 8.37. The molecular weight excluding hydrogens is 332 g/mol. The third-order valence-corrected chi connectivity index (χ3v) is 4.68. The predicted octanol–water partition coefficient (Wildman–Crippen LogP) is 0.299. The second-order valence-electron chi connectivity index (χ2n) is 6.64. The first kappa shape index (κ1) is 20.2. The Bertz CT molecular complexity index is 571. The Morgan fingerprint density at radius 2 is 2.08 bits per heavy atom. The molecule has 4 N–H and O–H groups in total. The van der Waals surface area contributed by atoms with Gasteiger partial charge in [-0.1, -0.05) is 30.3 Å². The number of guanidine groups is 1. The number of nitrogens with zero attached hydrogens (tertiary/aromatic N) is 1. The van der Waals surface area contributed by atoms with Crippen molar-refractivity contribution in [2.45, 2.75) is 19.3 Å². The van der Waals surface area contributed by atoms with Crippen LogP contribution in [-0.2, 0) is 16.0 Å². The van der Waals surface area contributed by atoms with E-state index in [9.17, 15) is 9.90 Å². The molecule has 0 bridgehead atoms. The monoisotopic (exact) mass is 362 g/mol. The lowest BCUT2D eigenvalue weighted by molar-refractivity contribution is -0.119. The smallest absolute Gasteiger partial charge is 0.239 e. The fourth-order valence-electron chi connectivity index (χ4n) is 3.02. The number of ether oxygens (including phenoxy) is 1. The molecular formula is C19H30N4O3. The Morgan fingerprint density at radius 1 is 1.27 bits per heavy atom. The quantitative estimate of drug-likeness (QED) is 0.374. The lowest BCUT2D eigenvalue weighted by Gasteiger charge is -2.27. The fourth-order valence-corrected chi connectivity index (χ4v) is 3.02. The van der Waals surface area contributed by atoms with Crippen LogP contribution in [0.5, 0.6) is 0 Å². The molecule has 1 saturated heterocycles. The van der Waals surface area contributed by atoms with E-state index in [2.05, 4.69) is 20.9 Å². The summed E-state index contributed by atoms with van der Waals surface area (Å²) in [5.41, 5.74) is 1.14. The molecule has 2 rings (SSSR count). The van der Waals surface area contributed by atoms with Gasteiger partial charge in [-0.3, -0.25) is 9.79 Å². The lowest BCUT2D eigenvalue weighted by atomic mass is 9.84. The van der Waals surface area contributed by atoms with Crippen molar-refractivity contribution in [2.75, 3.05) is 46.5 Å². The molecule has 7 nitrogen and oxygen atoms in total. The first-order chi connectivity index (χ1) is 12.7. The zero-order valence-corrected chi connectivity index (χ0v) is 15.5. The zero-order chi connectivity index (χ0) is 18.7. The van der Waals surface area contributed by atoms with E-state index in [1.54, 1.807) is 7.05 Å². The summed E-state index contributed by atoms with van der Waals surface area (Å²) in [7, 11) is 1.67. The van der Waals surface area contributed by atoms with Gasteiger partial charge in [-0.25, -0.2) is 0 Å². The van der Waals surface area contributed by atoms with Gasteiger partial charge < -0.3 is 25.8 Å². The number of hydrogen-bond acceptors (Lipinski definition) is 4. The Labute approximate surface area is 155 Å². The maximum Gasteiger partial charge on any atom is 0.239 e. The van der Waals surface area contributed by atoms with E-state index in [0.717, 1.165) is 19.4 Å². The number of aliphatic imine (C=N–C) groups is 1. The van der Waals surface area contributed by atoms with Gasteiger partial charge in [-0.05, 0) is 24.8 Å². The summed E-state index contributed by atoms with van der Waals surface area (Å²) in [6, 6.07) is 10.1. The van der Waals surface area contributed by atoms with Crippen LogP contribution in [0.25, 0.3) is 0 Å². The van der Waals surface area contributed by atoms with Crippen LogP contribution in [-0.4, -0.2) is 63.5 Å². The maximum absolute atomic E-state index is 12.0. The van der Waals surface area contributed by atoms with Gasteiger partial charge in [-0.2, -0.15) is 0 Å². The van der Waals surface area contributed by atoms with Gasteiger partial charge in [0.15, 0.2) is 5.96 Å². The number of aliphatic hydroxyl groups excluding tert-OH is 1. The van der Waals surface area contributed by atoms with Gasteiger partial charge in [0.2, 0.25) is 5.91 Å². The molecule has 0 saturated carbocycles. The molecule has 1 aromatic carbocycles. The van der Waals surface area contributed by atoms with Crippen LogP contribution in [0.2, 0.25) is 0 Å². The first-order valence-corrected chi connectivity index (χ1v) is 9.11.